The Kier molecular flexibility index (Phi) is 4.00. The molecule has 0 heterocycles. The van der Waals surface area contributed by atoms with Gasteiger partial charge in [0.05, 0.1) is 4.92 Å². The number of benzene rings is 2. The number of rotatable bonds is 4. The van der Waals surface area contributed by atoms with Crippen molar-refractivity contribution in [3.05, 3.63) is 63.2 Å². The summed E-state index contributed by atoms with van der Waals surface area (Å²) in [4.78, 5) is 10.6. The molecule has 0 bridgehead atoms. The normalized spacial score (nSPS) is 10.3. The standard InChI is InChI=1S/C15H16N2O3/c1-10-3-6-15(14(7-10)17(18)19)20-13-5-4-12(9-16)11(2)8-13/h3-8H,9,16H2,1-2H3. The van der Waals surface area contributed by atoms with Crippen molar-refractivity contribution in [2.45, 2.75) is 20.4 Å². The van der Waals surface area contributed by atoms with Crippen molar-refractivity contribution >= 4 is 5.69 Å². The molecule has 0 aliphatic carbocycles. The molecule has 0 aromatic heterocycles. The van der Waals surface area contributed by atoms with E-state index in [0.717, 1.165) is 16.7 Å². The van der Waals surface area contributed by atoms with Crippen molar-refractivity contribution in [3.8, 4) is 11.5 Å². The minimum absolute atomic E-state index is 0.0365. The Labute approximate surface area is 117 Å². The summed E-state index contributed by atoms with van der Waals surface area (Å²) in [5.74, 6) is 0.798. The van der Waals surface area contributed by atoms with Gasteiger partial charge in [-0.05, 0) is 48.7 Å². The molecule has 5 heteroatoms. The lowest BCUT2D eigenvalue weighted by atomic mass is 10.1. The second-order valence-electron chi connectivity index (χ2n) is 4.62. The number of hydrogen-bond acceptors (Lipinski definition) is 4. The SMILES string of the molecule is Cc1ccc(Oc2ccc(CN)c(C)c2)c([N+](=O)[O-])c1. The highest BCUT2D eigenvalue weighted by atomic mass is 16.6. The lowest BCUT2D eigenvalue weighted by Crippen LogP contribution is -1.99. The van der Waals surface area contributed by atoms with E-state index < -0.39 is 4.92 Å². The van der Waals surface area contributed by atoms with E-state index in [9.17, 15) is 10.1 Å². The third-order valence-electron chi connectivity index (χ3n) is 3.07. The van der Waals surface area contributed by atoms with E-state index in [4.69, 9.17) is 10.5 Å². The fourth-order valence-electron chi connectivity index (χ4n) is 1.94. The summed E-state index contributed by atoms with van der Waals surface area (Å²) in [7, 11) is 0. The molecule has 0 fully saturated rings. The van der Waals surface area contributed by atoms with Crippen molar-refractivity contribution in [2.75, 3.05) is 0 Å². The zero-order valence-electron chi connectivity index (χ0n) is 11.4. The largest absolute Gasteiger partial charge is 0.450 e. The number of ether oxygens (including phenoxy) is 1. The Hall–Kier alpha value is -2.40. The second kappa shape index (κ2) is 5.71. The molecule has 0 saturated carbocycles. The van der Waals surface area contributed by atoms with Crippen LogP contribution in [0.4, 0.5) is 5.69 Å². The summed E-state index contributed by atoms with van der Waals surface area (Å²) < 4.78 is 5.62. The Morgan fingerprint density at radius 3 is 2.55 bits per heavy atom. The Balaban J connectivity index is 2.35. The Morgan fingerprint density at radius 1 is 1.20 bits per heavy atom. The van der Waals surface area contributed by atoms with E-state index in [-0.39, 0.29) is 11.4 Å². The quantitative estimate of drug-likeness (QED) is 0.682. The fraction of sp³-hybridized carbons (Fsp3) is 0.200. The van der Waals surface area contributed by atoms with Crippen LogP contribution in [0.5, 0.6) is 11.5 Å². The van der Waals surface area contributed by atoms with Crippen molar-refractivity contribution in [2.24, 2.45) is 5.73 Å². The molecule has 2 N–H and O–H groups in total. The summed E-state index contributed by atoms with van der Waals surface area (Å²) in [6, 6.07) is 10.3. The summed E-state index contributed by atoms with van der Waals surface area (Å²) in [6.45, 7) is 4.19. The fourth-order valence-corrected chi connectivity index (χ4v) is 1.94. The van der Waals surface area contributed by atoms with Gasteiger partial charge in [-0.2, -0.15) is 0 Å². The van der Waals surface area contributed by atoms with E-state index in [1.807, 2.05) is 19.1 Å². The molecule has 104 valence electrons. The van der Waals surface area contributed by atoms with Gasteiger partial charge in [0, 0.05) is 12.6 Å². The Bertz CT molecular complexity index is 654. The summed E-state index contributed by atoms with van der Waals surface area (Å²) >= 11 is 0. The van der Waals surface area contributed by atoms with Crippen molar-refractivity contribution < 1.29 is 9.66 Å². The molecule has 20 heavy (non-hydrogen) atoms. The molecule has 2 rings (SSSR count). The van der Waals surface area contributed by atoms with E-state index in [2.05, 4.69) is 0 Å². The summed E-state index contributed by atoms with van der Waals surface area (Å²) in [5, 5.41) is 11.0. The highest BCUT2D eigenvalue weighted by Crippen LogP contribution is 2.32. The molecule has 0 aliphatic rings. The van der Waals surface area contributed by atoms with E-state index in [1.54, 1.807) is 25.1 Å². The van der Waals surface area contributed by atoms with Gasteiger partial charge in [-0.3, -0.25) is 10.1 Å². The number of nitrogens with zero attached hydrogens (tertiary/aromatic N) is 1. The zero-order valence-corrected chi connectivity index (χ0v) is 11.4. The van der Waals surface area contributed by atoms with Gasteiger partial charge in [-0.25, -0.2) is 0 Å². The highest BCUT2D eigenvalue weighted by molar-refractivity contribution is 5.50. The average Bonchev–Trinajstić information content (AvgIpc) is 2.41. The van der Waals surface area contributed by atoms with Gasteiger partial charge in [0.1, 0.15) is 5.75 Å². The first-order valence-corrected chi connectivity index (χ1v) is 6.23. The molecule has 5 nitrogen and oxygen atoms in total. The third kappa shape index (κ3) is 2.95. The van der Waals surface area contributed by atoms with Crippen LogP contribution in [-0.4, -0.2) is 4.92 Å². The van der Waals surface area contributed by atoms with Crippen LogP contribution < -0.4 is 10.5 Å². The van der Waals surface area contributed by atoms with Crippen LogP contribution in [0.15, 0.2) is 36.4 Å². The number of nitro groups is 1. The number of hydrogen-bond donors (Lipinski definition) is 1. The van der Waals surface area contributed by atoms with Gasteiger partial charge < -0.3 is 10.5 Å². The molecule has 0 aliphatic heterocycles. The monoisotopic (exact) mass is 272 g/mol. The molecule has 0 unspecified atom stereocenters. The molecule has 0 amide bonds. The summed E-state index contributed by atoms with van der Waals surface area (Å²) in [5.41, 5.74) is 8.41. The van der Waals surface area contributed by atoms with Crippen LogP contribution in [0.25, 0.3) is 0 Å². The number of aryl methyl sites for hydroxylation is 2. The molecular weight excluding hydrogens is 256 g/mol. The van der Waals surface area contributed by atoms with Gasteiger partial charge >= 0.3 is 5.69 Å². The van der Waals surface area contributed by atoms with Gasteiger partial charge in [0.25, 0.3) is 0 Å². The molecular formula is C15H16N2O3. The van der Waals surface area contributed by atoms with Crippen molar-refractivity contribution in [3.63, 3.8) is 0 Å². The second-order valence-corrected chi connectivity index (χ2v) is 4.62. The lowest BCUT2D eigenvalue weighted by molar-refractivity contribution is -0.385. The lowest BCUT2D eigenvalue weighted by Gasteiger charge is -2.09. The van der Waals surface area contributed by atoms with Crippen molar-refractivity contribution in [1.82, 2.24) is 0 Å². The van der Waals surface area contributed by atoms with Gasteiger partial charge in [0.2, 0.25) is 5.75 Å². The molecule has 0 radical (unpaired) electrons. The maximum Gasteiger partial charge on any atom is 0.311 e. The van der Waals surface area contributed by atoms with Crippen LogP contribution in [0.3, 0.4) is 0 Å². The number of nitrogens with two attached hydrogens (primary N) is 1. The molecule has 0 atom stereocenters. The first kappa shape index (κ1) is 14.0. The van der Waals surface area contributed by atoms with E-state index in [1.165, 1.54) is 6.07 Å². The maximum atomic E-state index is 11.0. The minimum atomic E-state index is -0.441. The van der Waals surface area contributed by atoms with Crippen LogP contribution >= 0.6 is 0 Å². The first-order valence-electron chi connectivity index (χ1n) is 6.23. The molecule has 2 aromatic carbocycles. The summed E-state index contributed by atoms with van der Waals surface area (Å²) in [6.07, 6.45) is 0. The topological polar surface area (TPSA) is 78.4 Å². The minimum Gasteiger partial charge on any atom is -0.450 e. The van der Waals surface area contributed by atoms with Gasteiger partial charge in [-0.1, -0.05) is 12.1 Å². The predicted octanol–water partition coefficient (Wildman–Crippen LogP) is 3.46. The molecule has 0 saturated heterocycles. The Morgan fingerprint density at radius 2 is 1.95 bits per heavy atom. The highest BCUT2D eigenvalue weighted by Gasteiger charge is 2.16. The van der Waals surface area contributed by atoms with Gasteiger partial charge in [0.15, 0.2) is 0 Å². The van der Waals surface area contributed by atoms with E-state index in [0.29, 0.717) is 12.3 Å². The smallest absolute Gasteiger partial charge is 0.311 e. The molecule has 0 spiro atoms. The van der Waals surface area contributed by atoms with Crippen LogP contribution in [0.1, 0.15) is 16.7 Å². The van der Waals surface area contributed by atoms with E-state index >= 15 is 0 Å². The predicted molar refractivity (Wildman–Crippen MR) is 77.0 cm³/mol. The average molecular weight is 272 g/mol. The van der Waals surface area contributed by atoms with Crippen molar-refractivity contribution in [1.29, 1.82) is 0 Å². The zero-order chi connectivity index (χ0) is 14.7. The third-order valence-corrected chi connectivity index (χ3v) is 3.07. The number of nitro benzene ring substituents is 1. The van der Waals surface area contributed by atoms with Crippen LogP contribution in [0, 0.1) is 24.0 Å². The first-order chi connectivity index (χ1) is 9.51. The van der Waals surface area contributed by atoms with Crippen LogP contribution in [-0.2, 0) is 6.54 Å². The van der Waals surface area contributed by atoms with Crippen LogP contribution in [0.2, 0.25) is 0 Å². The maximum absolute atomic E-state index is 11.0. The molecule has 2 aromatic rings. The van der Waals surface area contributed by atoms with Gasteiger partial charge in [-0.15, -0.1) is 0 Å².